The van der Waals surface area contributed by atoms with Crippen molar-refractivity contribution in [2.75, 3.05) is 32.8 Å². The van der Waals surface area contributed by atoms with Crippen LogP contribution < -0.4 is 0 Å². The van der Waals surface area contributed by atoms with Gasteiger partial charge in [-0.05, 0) is 36.3 Å². The maximum Gasteiger partial charge on any atom is 0.522 e. The van der Waals surface area contributed by atoms with E-state index in [0.29, 0.717) is 19.5 Å². The lowest BCUT2D eigenvalue weighted by Gasteiger charge is -2.22. The molecule has 1 aliphatic heterocycles. The van der Waals surface area contributed by atoms with Crippen molar-refractivity contribution in [3.8, 4) is 0 Å². The first-order valence-electron chi connectivity index (χ1n) is 6.09. The highest BCUT2D eigenvalue weighted by molar-refractivity contribution is 4.96. The lowest BCUT2D eigenvalue weighted by molar-refractivity contribution is -0.328. The third kappa shape index (κ3) is 4.07. The van der Waals surface area contributed by atoms with E-state index in [1.54, 1.807) is 0 Å². The molecule has 0 N–H and O–H groups in total. The molecule has 1 aliphatic carbocycles. The van der Waals surface area contributed by atoms with Gasteiger partial charge in [0.2, 0.25) is 0 Å². The van der Waals surface area contributed by atoms with Gasteiger partial charge in [-0.1, -0.05) is 0 Å². The van der Waals surface area contributed by atoms with Crippen molar-refractivity contribution < 1.29 is 27.4 Å². The van der Waals surface area contributed by atoms with Gasteiger partial charge in [0.25, 0.3) is 0 Å². The molecule has 18 heavy (non-hydrogen) atoms. The van der Waals surface area contributed by atoms with Gasteiger partial charge in [0, 0.05) is 18.5 Å². The third-order valence-corrected chi connectivity index (χ3v) is 3.73. The van der Waals surface area contributed by atoms with Gasteiger partial charge < -0.3 is 4.90 Å². The van der Waals surface area contributed by atoms with E-state index < -0.39 is 6.36 Å². The van der Waals surface area contributed by atoms with Crippen molar-refractivity contribution in [3.63, 3.8) is 0 Å². The number of hydrogen-bond donors (Lipinski definition) is 0. The van der Waals surface area contributed by atoms with E-state index >= 15 is 0 Å². The first-order chi connectivity index (χ1) is 8.42. The maximum absolute atomic E-state index is 11.9. The number of halogens is 4. The van der Waals surface area contributed by atoms with Gasteiger partial charge in [0.1, 0.15) is 0 Å². The normalized spacial score (nSPS) is 27.7. The van der Waals surface area contributed by atoms with Crippen LogP contribution in [0.3, 0.4) is 0 Å². The Morgan fingerprint density at radius 3 is 2.56 bits per heavy atom. The van der Waals surface area contributed by atoms with Crippen LogP contribution in [0.5, 0.6) is 0 Å². The predicted octanol–water partition coefficient (Wildman–Crippen LogP) is 2.53. The van der Waals surface area contributed by atoms with E-state index in [1.165, 1.54) is 0 Å². The van der Waals surface area contributed by atoms with Crippen LogP contribution in [0.25, 0.3) is 0 Å². The molecular weight excluding hydrogens is 254 g/mol. The summed E-state index contributed by atoms with van der Waals surface area (Å²) >= 11 is 0. The Hall–Kier alpha value is -0.400. The number of ether oxygens (including phenoxy) is 1. The SMILES string of the molecule is FOCC1(CN2CCC(COC(F)(F)F)C2)CC1. The smallest absolute Gasteiger partial charge is 0.302 e. The average molecular weight is 271 g/mol. The Balaban J connectivity index is 1.69. The van der Waals surface area contributed by atoms with E-state index in [0.717, 1.165) is 19.4 Å². The minimum absolute atomic E-state index is 0.0891. The molecule has 3 nitrogen and oxygen atoms in total. The molecule has 1 heterocycles. The summed E-state index contributed by atoms with van der Waals surface area (Å²) in [5, 5.41) is 0. The van der Waals surface area contributed by atoms with Crippen LogP contribution in [0, 0.1) is 11.3 Å². The van der Waals surface area contributed by atoms with Crippen LogP contribution in [-0.2, 0) is 9.68 Å². The first kappa shape index (κ1) is 14.0. The molecule has 1 atom stereocenters. The Labute approximate surface area is 103 Å². The van der Waals surface area contributed by atoms with Crippen LogP contribution >= 0.6 is 0 Å². The molecule has 0 aromatic rings. The molecule has 1 saturated carbocycles. The van der Waals surface area contributed by atoms with Crippen molar-refractivity contribution >= 4 is 0 Å². The molecule has 7 heteroatoms. The second kappa shape index (κ2) is 5.30. The second-order valence-corrected chi connectivity index (χ2v) is 5.40. The van der Waals surface area contributed by atoms with Crippen molar-refractivity contribution in [2.24, 2.45) is 11.3 Å². The number of hydrogen-bond acceptors (Lipinski definition) is 3. The molecule has 0 aromatic heterocycles. The predicted molar refractivity (Wildman–Crippen MR) is 55.3 cm³/mol. The van der Waals surface area contributed by atoms with Crippen molar-refractivity contribution in [2.45, 2.75) is 25.6 Å². The largest absolute Gasteiger partial charge is 0.522 e. The third-order valence-electron chi connectivity index (χ3n) is 3.73. The number of alkyl halides is 3. The molecule has 0 spiro atoms. The van der Waals surface area contributed by atoms with Gasteiger partial charge in [0.15, 0.2) is 0 Å². The zero-order valence-electron chi connectivity index (χ0n) is 10.0. The van der Waals surface area contributed by atoms with E-state index in [9.17, 15) is 17.7 Å². The lowest BCUT2D eigenvalue weighted by Crippen LogP contribution is -2.31. The van der Waals surface area contributed by atoms with E-state index in [-0.39, 0.29) is 24.5 Å². The molecule has 0 bridgehead atoms. The van der Waals surface area contributed by atoms with Crippen molar-refractivity contribution in [1.29, 1.82) is 0 Å². The van der Waals surface area contributed by atoms with Gasteiger partial charge in [-0.15, -0.1) is 13.2 Å². The summed E-state index contributed by atoms with van der Waals surface area (Å²) in [6.07, 6.45) is -2.00. The second-order valence-electron chi connectivity index (χ2n) is 5.40. The summed E-state index contributed by atoms with van der Waals surface area (Å²) in [4.78, 5) is 5.78. The van der Waals surface area contributed by atoms with Crippen LogP contribution in [-0.4, -0.2) is 44.1 Å². The molecule has 2 fully saturated rings. The molecule has 2 rings (SSSR count). The van der Waals surface area contributed by atoms with E-state index in [1.807, 2.05) is 0 Å². The highest BCUT2D eigenvalue weighted by Gasteiger charge is 2.45. The summed E-state index contributed by atoms with van der Waals surface area (Å²) < 4.78 is 51.4. The molecule has 0 radical (unpaired) electrons. The minimum Gasteiger partial charge on any atom is -0.302 e. The van der Waals surface area contributed by atoms with Crippen molar-refractivity contribution in [3.05, 3.63) is 0 Å². The number of likely N-dealkylation sites (tertiary alicyclic amines) is 1. The van der Waals surface area contributed by atoms with Crippen LogP contribution in [0.1, 0.15) is 19.3 Å². The summed E-state index contributed by atoms with van der Waals surface area (Å²) in [5.41, 5.74) is -0.103. The van der Waals surface area contributed by atoms with Gasteiger partial charge in [0.05, 0.1) is 13.2 Å². The summed E-state index contributed by atoms with van der Waals surface area (Å²) in [7, 11) is 0. The standard InChI is InChI=1S/C11H17F4NO2/c12-11(13,14)17-6-9-1-4-16(5-9)7-10(2-3-10)8-18-15/h9H,1-8H2. The fourth-order valence-electron chi connectivity index (χ4n) is 2.52. The zero-order chi connectivity index (χ0) is 13.2. The lowest BCUT2D eigenvalue weighted by atomic mass is 10.1. The molecular formula is C11H17F4NO2. The molecule has 0 aromatic carbocycles. The Morgan fingerprint density at radius 1 is 1.28 bits per heavy atom. The van der Waals surface area contributed by atoms with Gasteiger partial charge in [-0.3, -0.25) is 4.74 Å². The Morgan fingerprint density at radius 2 is 2.00 bits per heavy atom. The quantitative estimate of drug-likeness (QED) is 0.693. The fourth-order valence-corrected chi connectivity index (χ4v) is 2.52. The monoisotopic (exact) mass is 271 g/mol. The minimum atomic E-state index is -4.55. The number of rotatable bonds is 6. The number of nitrogens with zero attached hydrogens (tertiary/aromatic N) is 1. The highest BCUT2D eigenvalue weighted by Crippen LogP contribution is 2.47. The maximum atomic E-state index is 11.9. The van der Waals surface area contributed by atoms with Crippen LogP contribution in [0.4, 0.5) is 17.7 Å². The highest BCUT2D eigenvalue weighted by atomic mass is 19.4. The fraction of sp³-hybridized carbons (Fsp3) is 1.00. The summed E-state index contributed by atoms with van der Waals surface area (Å²) in [6.45, 7) is 1.85. The summed E-state index contributed by atoms with van der Waals surface area (Å²) in [5.74, 6) is -0.0891. The molecule has 1 saturated heterocycles. The van der Waals surface area contributed by atoms with Crippen molar-refractivity contribution in [1.82, 2.24) is 4.90 Å². The van der Waals surface area contributed by atoms with Crippen LogP contribution in [0.15, 0.2) is 0 Å². The average Bonchev–Trinajstić information content (AvgIpc) is 2.86. The summed E-state index contributed by atoms with van der Waals surface area (Å²) in [6, 6.07) is 0. The molecule has 106 valence electrons. The topological polar surface area (TPSA) is 21.7 Å². The van der Waals surface area contributed by atoms with E-state index in [4.69, 9.17) is 0 Å². The van der Waals surface area contributed by atoms with Crippen LogP contribution in [0.2, 0.25) is 0 Å². The zero-order valence-corrected chi connectivity index (χ0v) is 10.0. The molecule has 1 unspecified atom stereocenters. The van der Waals surface area contributed by atoms with E-state index in [2.05, 4.69) is 14.6 Å². The molecule has 0 amide bonds. The Kier molecular flexibility index (Phi) is 4.13. The van der Waals surface area contributed by atoms with Gasteiger partial charge in [-0.2, -0.15) is 4.94 Å². The first-order valence-corrected chi connectivity index (χ1v) is 6.09. The van der Waals surface area contributed by atoms with Gasteiger partial charge in [-0.25, -0.2) is 0 Å². The molecule has 2 aliphatic rings. The Bertz CT molecular complexity index is 281. The van der Waals surface area contributed by atoms with Gasteiger partial charge >= 0.3 is 6.36 Å².